The third kappa shape index (κ3) is 5.97. The number of aliphatic imine (C=N–C) groups is 2. The number of nitrogens with zero attached hydrogens (tertiary/aromatic N) is 2. The lowest BCUT2D eigenvalue weighted by atomic mass is 10.3. The zero-order valence-corrected chi connectivity index (χ0v) is 17.2. The molecule has 0 N–H and O–H groups in total. The fourth-order valence-corrected chi connectivity index (χ4v) is 5.25. The second-order valence-electron chi connectivity index (χ2n) is 5.39. The number of hydrogen-bond donors (Lipinski definition) is 0. The van der Waals surface area contributed by atoms with Crippen molar-refractivity contribution in [1.82, 2.24) is 0 Å². The van der Waals surface area contributed by atoms with E-state index in [0.29, 0.717) is 11.4 Å². The Bertz CT molecular complexity index is 1020. The Kier molecular flexibility index (Phi) is 7.26. The second-order valence-corrected chi connectivity index (χ2v) is 9.97. The Morgan fingerprint density at radius 3 is 1.30 bits per heavy atom. The van der Waals surface area contributed by atoms with E-state index in [4.69, 9.17) is 0 Å². The van der Waals surface area contributed by atoms with Crippen molar-refractivity contribution < 1.29 is 16.8 Å². The maximum absolute atomic E-state index is 12.3. The van der Waals surface area contributed by atoms with E-state index in [-0.39, 0.29) is 27.7 Å². The normalized spacial score (nSPS) is 11.3. The Hall–Kier alpha value is -2.06. The molecule has 10 heteroatoms. The standard InChI is InChI=1S/C17H14N2O4S4/c20-26(21,16-6-2-14(3-7-16)18-12-24)10-1-11-27(22,23)17-8-4-15(5-9-17)19-13-25/h2-9H,1,10-11H2. The minimum atomic E-state index is -3.60. The lowest BCUT2D eigenvalue weighted by Gasteiger charge is -2.06. The maximum atomic E-state index is 12.3. The van der Waals surface area contributed by atoms with Crippen molar-refractivity contribution in [2.24, 2.45) is 9.98 Å². The molecule has 0 atom stereocenters. The van der Waals surface area contributed by atoms with E-state index in [1.165, 1.54) is 48.5 Å². The second kappa shape index (κ2) is 9.23. The molecular weight excluding hydrogens is 424 g/mol. The van der Waals surface area contributed by atoms with E-state index in [1.54, 1.807) is 0 Å². The fourth-order valence-electron chi connectivity index (χ4n) is 2.24. The molecule has 27 heavy (non-hydrogen) atoms. The summed E-state index contributed by atoms with van der Waals surface area (Å²) in [6, 6.07) is 11.7. The van der Waals surface area contributed by atoms with Gasteiger partial charge in [-0.3, -0.25) is 0 Å². The van der Waals surface area contributed by atoms with Crippen molar-refractivity contribution in [1.29, 1.82) is 0 Å². The van der Waals surface area contributed by atoms with Crippen LogP contribution in [0.5, 0.6) is 0 Å². The Morgan fingerprint density at radius 2 is 1.00 bits per heavy atom. The van der Waals surface area contributed by atoms with Gasteiger partial charge in [-0.25, -0.2) is 16.8 Å². The minimum absolute atomic E-state index is 0.0235. The first-order chi connectivity index (χ1) is 12.8. The Labute approximate surface area is 168 Å². The number of rotatable bonds is 8. The highest BCUT2D eigenvalue weighted by atomic mass is 32.2. The highest BCUT2D eigenvalue weighted by molar-refractivity contribution is 7.92. The van der Waals surface area contributed by atoms with Crippen molar-refractivity contribution in [2.45, 2.75) is 16.2 Å². The van der Waals surface area contributed by atoms with Crippen molar-refractivity contribution in [2.75, 3.05) is 11.5 Å². The van der Waals surface area contributed by atoms with Gasteiger partial charge in [0.2, 0.25) is 0 Å². The van der Waals surface area contributed by atoms with E-state index in [0.717, 1.165) is 0 Å². The summed E-state index contributed by atoms with van der Waals surface area (Å²) in [5, 5.41) is 4.39. The van der Waals surface area contributed by atoms with Gasteiger partial charge in [-0.1, -0.05) is 0 Å². The summed E-state index contributed by atoms with van der Waals surface area (Å²) in [6.07, 6.45) is -0.0235. The van der Waals surface area contributed by atoms with Gasteiger partial charge in [0.1, 0.15) is 0 Å². The first-order valence-electron chi connectivity index (χ1n) is 7.60. The third-order valence-electron chi connectivity index (χ3n) is 3.57. The topological polar surface area (TPSA) is 93.0 Å². The zero-order chi connectivity index (χ0) is 19.9. The van der Waals surface area contributed by atoms with E-state index < -0.39 is 19.7 Å². The first kappa shape index (κ1) is 21.2. The first-order valence-corrected chi connectivity index (χ1v) is 11.7. The molecule has 2 rings (SSSR count). The van der Waals surface area contributed by atoms with Gasteiger partial charge in [0.15, 0.2) is 19.7 Å². The van der Waals surface area contributed by atoms with Crippen molar-refractivity contribution >= 4 is 65.8 Å². The van der Waals surface area contributed by atoms with Crippen LogP contribution in [0, 0.1) is 0 Å². The summed E-state index contributed by atoms with van der Waals surface area (Å²) in [5.41, 5.74) is 0.987. The van der Waals surface area contributed by atoms with Crippen LogP contribution in [0.25, 0.3) is 0 Å². The van der Waals surface area contributed by atoms with E-state index >= 15 is 0 Å². The lowest BCUT2D eigenvalue weighted by molar-refractivity contribution is 0.590. The summed E-state index contributed by atoms with van der Waals surface area (Å²) in [7, 11) is -7.20. The van der Waals surface area contributed by atoms with Gasteiger partial charge >= 0.3 is 0 Å². The van der Waals surface area contributed by atoms with Crippen LogP contribution < -0.4 is 0 Å². The van der Waals surface area contributed by atoms with Crippen LogP contribution >= 0.6 is 24.4 Å². The molecule has 0 saturated heterocycles. The summed E-state index contributed by atoms with van der Waals surface area (Å²) in [6.45, 7) is 0. The monoisotopic (exact) mass is 438 g/mol. The maximum Gasteiger partial charge on any atom is 0.178 e. The summed E-state index contributed by atoms with van der Waals surface area (Å²) in [5.74, 6) is -0.565. The van der Waals surface area contributed by atoms with Gasteiger partial charge in [0.05, 0.1) is 43.0 Å². The van der Waals surface area contributed by atoms with Gasteiger partial charge in [-0.05, 0) is 79.4 Å². The van der Waals surface area contributed by atoms with Gasteiger partial charge in [-0.2, -0.15) is 9.98 Å². The molecular formula is C17H14N2O4S4. The number of sulfone groups is 2. The molecule has 0 aromatic heterocycles. The van der Waals surface area contributed by atoms with Crippen molar-refractivity contribution in [3.63, 3.8) is 0 Å². The molecule has 140 valence electrons. The molecule has 0 bridgehead atoms. The number of benzene rings is 2. The lowest BCUT2D eigenvalue weighted by Crippen LogP contribution is -2.13. The molecule has 0 amide bonds. The Balaban J connectivity index is 2.04. The molecule has 0 aliphatic carbocycles. The summed E-state index contributed by atoms with van der Waals surface area (Å²) in [4.78, 5) is 7.70. The van der Waals surface area contributed by atoms with E-state index in [1.807, 2.05) is 0 Å². The quantitative estimate of drug-likeness (QED) is 0.460. The zero-order valence-electron chi connectivity index (χ0n) is 13.9. The molecule has 6 nitrogen and oxygen atoms in total. The van der Waals surface area contributed by atoms with Crippen LogP contribution in [0.2, 0.25) is 0 Å². The van der Waals surface area contributed by atoms with Crippen molar-refractivity contribution in [3.05, 3.63) is 48.5 Å². The largest absolute Gasteiger partial charge is 0.224 e. The smallest absolute Gasteiger partial charge is 0.178 e. The highest BCUT2D eigenvalue weighted by Crippen LogP contribution is 2.20. The van der Waals surface area contributed by atoms with E-state index in [2.05, 4.69) is 44.7 Å². The van der Waals surface area contributed by atoms with E-state index in [9.17, 15) is 16.8 Å². The molecule has 2 aromatic rings. The molecule has 0 aliphatic rings. The number of thiocarbonyl (C=S) groups is 2. The molecule has 0 aliphatic heterocycles. The molecule has 0 heterocycles. The molecule has 0 radical (unpaired) electrons. The highest BCUT2D eigenvalue weighted by Gasteiger charge is 2.19. The van der Waals surface area contributed by atoms with Crippen LogP contribution in [0.3, 0.4) is 0 Å². The van der Waals surface area contributed by atoms with Gasteiger partial charge in [-0.15, -0.1) is 0 Å². The average molecular weight is 439 g/mol. The minimum Gasteiger partial charge on any atom is -0.224 e. The van der Waals surface area contributed by atoms with Crippen molar-refractivity contribution in [3.8, 4) is 0 Å². The van der Waals surface area contributed by atoms with Crippen LogP contribution in [-0.4, -0.2) is 38.7 Å². The molecule has 0 spiro atoms. The summed E-state index contributed by atoms with van der Waals surface area (Å²) < 4.78 is 49.4. The third-order valence-corrected chi connectivity index (χ3v) is 7.38. The predicted molar refractivity (Wildman–Crippen MR) is 111 cm³/mol. The van der Waals surface area contributed by atoms with Crippen LogP contribution in [0.4, 0.5) is 11.4 Å². The number of isothiocyanates is 2. The van der Waals surface area contributed by atoms with Crippen LogP contribution in [-0.2, 0) is 19.7 Å². The molecule has 0 saturated carbocycles. The van der Waals surface area contributed by atoms with Gasteiger partial charge in [0, 0.05) is 0 Å². The SMILES string of the molecule is O=S(=O)(CCCS(=O)(=O)c1ccc(N=C=S)cc1)c1ccc(N=C=S)cc1. The van der Waals surface area contributed by atoms with Crippen LogP contribution in [0.1, 0.15) is 6.42 Å². The average Bonchev–Trinajstić information content (AvgIpc) is 2.63. The number of hydrogen-bond acceptors (Lipinski definition) is 8. The fraction of sp³-hybridized carbons (Fsp3) is 0.176. The molecule has 2 aromatic carbocycles. The Morgan fingerprint density at radius 1 is 0.667 bits per heavy atom. The van der Waals surface area contributed by atoms with Crippen LogP contribution in [0.15, 0.2) is 68.3 Å². The molecule has 0 unspecified atom stereocenters. The van der Waals surface area contributed by atoms with Gasteiger partial charge < -0.3 is 0 Å². The predicted octanol–water partition coefficient (Wildman–Crippen LogP) is 3.79. The van der Waals surface area contributed by atoms with Gasteiger partial charge in [0.25, 0.3) is 0 Å². The molecule has 0 fully saturated rings. The summed E-state index contributed by atoms with van der Waals surface area (Å²) >= 11 is 8.98.